The molecule has 57 heavy (non-hydrogen) atoms. The van der Waals surface area contributed by atoms with E-state index in [1.807, 2.05) is 0 Å². The van der Waals surface area contributed by atoms with Gasteiger partial charge in [-0.05, 0) is 47.9 Å². The summed E-state index contributed by atoms with van der Waals surface area (Å²) in [5, 5.41) is 27.7. The van der Waals surface area contributed by atoms with E-state index in [0.29, 0.717) is 11.3 Å². The molecule has 1 aromatic heterocycles. The van der Waals surface area contributed by atoms with Crippen LogP contribution in [0.2, 0.25) is 10.0 Å². The number of halogens is 2. The number of carboxylic acid groups (broad SMARTS) is 1. The number of para-hydroxylation sites is 1. The lowest BCUT2D eigenvalue weighted by atomic mass is 10.00. The van der Waals surface area contributed by atoms with Crippen LogP contribution in [0.5, 0.6) is 11.5 Å². The number of carboxylic acids is 1. The maximum absolute atomic E-state index is 14.4. The first kappa shape index (κ1) is 42.2. The number of amides is 4. The molecule has 0 spiro atoms. The summed E-state index contributed by atoms with van der Waals surface area (Å²) in [6.45, 7) is 4.54. The maximum Gasteiger partial charge on any atom is 0.305 e. The van der Waals surface area contributed by atoms with Gasteiger partial charge in [0.1, 0.15) is 41.8 Å². The molecule has 1 aliphatic heterocycles. The highest BCUT2D eigenvalue weighted by molar-refractivity contribution is 6.39. The van der Waals surface area contributed by atoms with Gasteiger partial charge < -0.3 is 40.2 Å². The van der Waals surface area contributed by atoms with Gasteiger partial charge in [0.2, 0.25) is 29.4 Å². The highest BCUT2D eigenvalue weighted by Gasteiger charge is 2.45. The van der Waals surface area contributed by atoms with E-state index in [1.54, 1.807) is 74.5 Å². The van der Waals surface area contributed by atoms with Gasteiger partial charge in [-0.2, -0.15) is 0 Å². The molecule has 4 aromatic rings. The van der Waals surface area contributed by atoms with Crippen molar-refractivity contribution >= 4 is 58.6 Å². The van der Waals surface area contributed by atoms with Crippen LogP contribution in [0.3, 0.4) is 0 Å². The monoisotopic (exact) mass is 821 g/mol. The minimum Gasteiger partial charge on any atom is -0.508 e. The van der Waals surface area contributed by atoms with Gasteiger partial charge in [-0.1, -0.05) is 73.4 Å². The molecule has 3 aromatic carbocycles. The van der Waals surface area contributed by atoms with Gasteiger partial charge in [-0.25, -0.2) is 4.98 Å². The van der Waals surface area contributed by atoms with Crippen molar-refractivity contribution in [2.24, 2.45) is 5.92 Å². The highest BCUT2D eigenvalue weighted by Crippen LogP contribution is 2.35. The average molecular weight is 823 g/mol. The maximum atomic E-state index is 14.4. The number of hydrogen-bond donors (Lipinski definition) is 5. The zero-order valence-corrected chi connectivity index (χ0v) is 32.6. The number of ether oxygens (including phenoxy) is 1. The number of Topliss-reactive ketones (excluding diaryl/α,β-unsaturated/α-hetero) is 1. The van der Waals surface area contributed by atoms with Gasteiger partial charge in [0, 0.05) is 19.8 Å². The number of likely N-dealkylation sites (tertiary alicyclic amines) is 1. The Labute approximate surface area is 337 Å². The molecular weight excluding hydrogens is 781 g/mol. The normalized spacial score (nSPS) is 16.6. The predicted octanol–water partition coefficient (Wildman–Crippen LogP) is 4.43. The van der Waals surface area contributed by atoms with Crippen LogP contribution in [0, 0.1) is 5.92 Å². The second kappa shape index (κ2) is 18.8. The Morgan fingerprint density at radius 3 is 2.19 bits per heavy atom. The number of benzene rings is 3. The van der Waals surface area contributed by atoms with Crippen LogP contribution < -0.4 is 20.7 Å². The van der Waals surface area contributed by atoms with Crippen molar-refractivity contribution in [3.63, 3.8) is 0 Å². The number of hydrogen-bond acceptors (Lipinski definition) is 10. The number of aliphatic carboxylic acids is 1. The Balaban J connectivity index is 1.40. The molecule has 300 valence electrons. The van der Waals surface area contributed by atoms with Gasteiger partial charge in [0.05, 0.1) is 34.8 Å². The fourth-order valence-corrected chi connectivity index (χ4v) is 6.96. The molecule has 1 aliphatic rings. The van der Waals surface area contributed by atoms with Crippen molar-refractivity contribution in [3.05, 3.63) is 100 Å². The van der Waals surface area contributed by atoms with E-state index in [2.05, 4.69) is 20.9 Å². The van der Waals surface area contributed by atoms with Crippen LogP contribution in [0.4, 0.5) is 0 Å². The molecule has 0 radical (unpaired) electrons. The SMILES string of the molecule is CC(=O)N[C@@H](Cc1ccc(O)cc1)C(=O)N[C@H](C(=O)N1C[C@H](Oc2ccccc2)C[C@H]1C(=O)N[C@@H](CC(=O)O)C(=O)c1ncc(-c2c(Cl)cccc2Cl)o1)C(C)C. The summed E-state index contributed by atoms with van der Waals surface area (Å²) in [7, 11) is 0. The van der Waals surface area contributed by atoms with E-state index in [9.17, 15) is 39.0 Å². The Bertz CT molecular complexity index is 2090. The van der Waals surface area contributed by atoms with Crippen molar-refractivity contribution in [1.29, 1.82) is 0 Å². The predicted molar refractivity (Wildman–Crippen MR) is 208 cm³/mol. The molecule has 0 aliphatic carbocycles. The lowest BCUT2D eigenvalue weighted by Crippen LogP contribution is -2.59. The van der Waals surface area contributed by atoms with E-state index in [4.69, 9.17) is 32.4 Å². The molecule has 1 fully saturated rings. The van der Waals surface area contributed by atoms with E-state index >= 15 is 0 Å². The summed E-state index contributed by atoms with van der Waals surface area (Å²) < 4.78 is 11.8. The molecule has 5 atom stereocenters. The lowest BCUT2D eigenvalue weighted by molar-refractivity contribution is -0.143. The number of phenolic OH excluding ortho intramolecular Hbond substituents is 1. The van der Waals surface area contributed by atoms with Crippen LogP contribution in [-0.4, -0.2) is 92.3 Å². The number of carbonyl (C=O) groups excluding carboxylic acids is 5. The van der Waals surface area contributed by atoms with Gasteiger partial charge in [-0.3, -0.25) is 28.8 Å². The van der Waals surface area contributed by atoms with Crippen molar-refractivity contribution in [1.82, 2.24) is 25.8 Å². The molecule has 0 bridgehead atoms. The molecule has 0 saturated carbocycles. The Morgan fingerprint density at radius 1 is 0.912 bits per heavy atom. The first-order valence-corrected chi connectivity index (χ1v) is 18.7. The number of aromatic hydroxyl groups is 1. The number of nitrogens with one attached hydrogen (secondary N) is 3. The number of phenols is 1. The van der Waals surface area contributed by atoms with Crippen LogP contribution in [-0.2, 0) is 30.4 Å². The summed E-state index contributed by atoms with van der Waals surface area (Å²) in [4.78, 5) is 85.3. The third-order valence-corrected chi connectivity index (χ3v) is 9.76. The second-order valence-electron chi connectivity index (χ2n) is 13.8. The fraction of sp³-hybridized carbons (Fsp3) is 0.325. The minimum absolute atomic E-state index is 0.0210. The van der Waals surface area contributed by atoms with Gasteiger partial charge in [0.15, 0.2) is 5.76 Å². The van der Waals surface area contributed by atoms with Crippen LogP contribution in [0.25, 0.3) is 11.3 Å². The molecule has 5 rings (SSSR count). The van der Waals surface area contributed by atoms with Crippen molar-refractivity contribution in [3.8, 4) is 22.8 Å². The molecule has 0 unspecified atom stereocenters. The van der Waals surface area contributed by atoms with E-state index < -0.39 is 83.9 Å². The highest BCUT2D eigenvalue weighted by atomic mass is 35.5. The van der Waals surface area contributed by atoms with Gasteiger partial charge in [0.25, 0.3) is 5.89 Å². The average Bonchev–Trinajstić information content (AvgIpc) is 3.81. The topological polar surface area (TPSA) is 217 Å². The molecule has 17 heteroatoms. The van der Waals surface area contributed by atoms with Crippen LogP contribution in [0.15, 0.2) is 83.4 Å². The summed E-state index contributed by atoms with van der Waals surface area (Å²) in [6.07, 6.45) is -0.382. The number of ketones is 1. The van der Waals surface area contributed by atoms with Gasteiger partial charge >= 0.3 is 5.97 Å². The number of aromatic nitrogens is 1. The summed E-state index contributed by atoms with van der Waals surface area (Å²) in [5.74, 6) is -5.55. The molecule has 5 N–H and O–H groups in total. The number of rotatable bonds is 16. The number of oxazole rings is 1. The smallest absolute Gasteiger partial charge is 0.305 e. The lowest BCUT2D eigenvalue weighted by Gasteiger charge is -2.31. The quantitative estimate of drug-likeness (QED) is 0.0996. The van der Waals surface area contributed by atoms with Crippen LogP contribution >= 0.6 is 23.2 Å². The van der Waals surface area contributed by atoms with Crippen molar-refractivity contribution in [2.45, 2.75) is 70.3 Å². The molecule has 2 heterocycles. The largest absolute Gasteiger partial charge is 0.508 e. The van der Waals surface area contributed by atoms with Crippen LogP contribution in [0.1, 0.15) is 49.9 Å². The van der Waals surface area contributed by atoms with Gasteiger partial charge in [-0.15, -0.1) is 0 Å². The summed E-state index contributed by atoms with van der Waals surface area (Å²) in [5.41, 5.74) is 0.886. The molecular formula is C40H41Cl2N5O10. The zero-order valence-electron chi connectivity index (χ0n) is 31.1. The Morgan fingerprint density at radius 2 is 1.58 bits per heavy atom. The Hall–Kier alpha value is -5.93. The summed E-state index contributed by atoms with van der Waals surface area (Å²) >= 11 is 12.6. The third kappa shape index (κ3) is 10.9. The fourth-order valence-electron chi connectivity index (χ4n) is 6.37. The van der Waals surface area contributed by atoms with E-state index in [0.717, 1.165) is 0 Å². The Kier molecular flexibility index (Phi) is 13.9. The molecule has 4 amide bonds. The minimum atomic E-state index is -1.67. The summed E-state index contributed by atoms with van der Waals surface area (Å²) in [6, 6.07) is 14.3. The molecule has 1 saturated heterocycles. The van der Waals surface area contributed by atoms with E-state index in [-0.39, 0.29) is 46.5 Å². The van der Waals surface area contributed by atoms with Crippen molar-refractivity contribution < 1.29 is 48.1 Å². The van der Waals surface area contributed by atoms with E-state index in [1.165, 1.54) is 30.2 Å². The standard InChI is InChI=1S/C40H41Cl2N5O10/c1-21(2)35(46-37(53)30(44-22(3)48)16-23-12-14-24(49)15-13-23)40(55)47-20-26(56-25-8-5-4-6-9-25)17-31(47)38(54)45-29(18-33(50)51)36(52)39-43-19-32(57-39)34-27(41)10-7-11-28(34)42/h4-15,19,21,26,29-31,35,49H,16-18,20H2,1-3H3,(H,44,48)(H,45,54)(H,46,53)(H,50,51)/t26-,29+,30+,31+,35+/m1/s1. The third-order valence-electron chi connectivity index (χ3n) is 9.13. The van der Waals surface area contributed by atoms with Crippen molar-refractivity contribution in [2.75, 3.05) is 6.54 Å². The second-order valence-corrected chi connectivity index (χ2v) is 14.6. The number of nitrogens with zero attached hydrogens (tertiary/aromatic N) is 2. The number of carbonyl (C=O) groups is 6. The first-order valence-electron chi connectivity index (χ1n) is 17.9. The molecule has 15 nitrogen and oxygen atoms in total. The first-order chi connectivity index (χ1) is 27.1. The zero-order chi connectivity index (χ0) is 41.4.